The third-order valence-corrected chi connectivity index (χ3v) is 5.72. The molecule has 2 aromatic carbocycles. The summed E-state index contributed by atoms with van der Waals surface area (Å²) in [6.45, 7) is 6.29. The normalized spacial score (nSPS) is 16.6. The highest BCUT2D eigenvalue weighted by Gasteiger charge is 2.38. The Morgan fingerprint density at radius 1 is 1.03 bits per heavy atom. The first kappa shape index (κ1) is 25.3. The predicted molar refractivity (Wildman–Crippen MR) is 131 cm³/mol. The maximum atomic E-state index is 13.4. The third-order valence-electron chi connectivity index (χ3n) is 5.72. The number of amides is 3. The van der Waals surface area contributed by atoms with Gasteiger partial charge in [-0.05, 0) is 44.7 Å². The van der Waals surface area contributed by atoms with Gasteiger partial charge in [0.25, 0.3) is 0 Å². The van der Waals surface area contributed by atoms with Crippen LogP contribution in [0.4, 0.5) is 4.79 Å². The molecule has 1 saturated heterocycles. The minimum absolute atomic E-state index is 0.178. The van der Waals surface area contributed by atoms with Gasteiger partial charge in [0, 0.05) is 26.6 Å². The molecule has 0 unspecified atom stereocenters. The van der Waals surface area contributed by atoms with Crippen molar-refractivity contribution in [1.82, 2.24) is 15.1 Å². The molecule has 34 heavy (non-hydrogen) atoms. The van der Waals surface area contributed by atoms with Crippen LogP contribution in [0.25, 0.3) is 0 Å². The Morgan fingerprint density at radius 3 is 2.21 bits per heavy atom. The van der Waals surface area contributed by atoms with E-state index in [2.05, 4.69) is 5.32 Å². The molecular formula is C27H35N3O4. The molecule has 1 N–H and O–H groups in total. The van der Waals surface area contributed by atoms with Crippen molar-refractivity contribution >= 4 is 17.9 Å². The molecule has 2 atom stereocenters. The van der Waals surface area contributed by atoms with Crippen LogP contribution in [0.15, 0.2) is 60.7 Å². The Morgan fingerprint density at radius 2 is 1.62 bits per heavy atom. The fraction of sp³-hybridized carbons (Fsp3) is 0.444. The lowest BCUT2D eigenvalue weighted by atomic mass is 10.0. The van der Waals surface area contributed by atoms with Gasteiger partial charge in [0.1, 0.15) is 17.7 Å². The fourth-order valence-electron chi connectivity index (χ4n) is 4.10. The molecule has 7 nitrogen and oxygen atoms in total. The van der Waals surface area contributed by atoms with Crippen molar-refractivity contribution in [3.63, 3.8) is 0 Å². The van der Waals surface area contributed by atoms with Gasteiger partial charge in [-0.2, -0.15) is 0 Å². The molecular weight excluding hydrogens is 430 g/mol. The van der Waals surface area contributed by atoms with Crippen LogP contribution in [0.5, 0.6) is 0 Å². The van der Waals surface area contributed by atoms with Crippen LogP contribution in [0.3, 0.4) is 0 Å². The third kappa shape index (κ3) is 7.07. The Hall–Kier alpha value is -3.35. The van der Waals surface area contributed by atoms with Crippen molar-refractivity contribution in [3.8, 4) is 0 Å². The highest BCUT2D eigenvalue weighted by atomic mass is 16.6. The van der Waals surface area contributed by atoms with Gasteiger partial charge in [-0.1, -0.05) is 60.7 Å². The minimum Gasteiger partial charge on any atom is -0.444 e. The van der Waals surface area contributed by atoms with Crippen molar-refractivity contribution in [3.05, 3.63) is 71.8 Å². The lowest BCUT2D eigenvalue weighted by Crippen LogP contribution is -2.54. The van der Waals surface area contributed by atoms with Crippen molar-refractivity contribution < 1.29 is 19.1 Å². The molecule has 1 aliphatic heterocycles. The van der Waals surface area contributed by atoms with E-state index in [-0.39, 0.29) is 11.8 Å². The largest absolute Gasteiger partial charge is 0.444 e. The number of carbonyl (C=O) groups excluding carboxylic acids is 3. The van der Waals surface area contributed by atoms with Crippen molar-refractivity contribution in [2.75, 3.05) is 13.6 Å². The van der Waals surface area contributed by atoms with Crippen LogP contribution >= 0.6 is 0 Å². The summed E-state index contributed by atoms with van der Waals surface area (Å²) in [6, 6.07) is 17.9. The molecule has 0 aliphatic carbocycles. The number of carbonyl (C=O) groups is 3. The first-order valence-electron chi connectivity index (χ1n) is 11.8. The van der Waals surface area contributed by atoms with E-state index in [1.807, 2.05) is 60.7 Å². The molecule has 0 radical (unpaired) electrons. The summed E-state index contributed by atoms with van der Waals surface area (Å²) in [6.07, 6.45) is 1.11. The summed E-state index contributed by atoms with van der Waals surface area (Å²) < 4.78 is 5.49. The molecule has 0 aromatic heterocycles. The highest BCUT2D eigenvalue weighted by Crippen LogP contribution is 2.21. The Kier molecular flexibility index (Phi) is 8.31. The van der Waals surface area contributed by atoms with Crippen molar-refractivity contribution in [2.45, 2.75) is 64.3 Å². The van der Waals surface area contributed by atoms with Gasteiger partial charge in [-0.15, -0.1) is 0 Å². The molecule has 0 spiro atoms. The zero-order valence-electron chi connectivity index (χ0n) is 20.5. The van der Waals surface area contributed by atoms with Gasteiger partial charge < -0.3 is 15.0 Å². The van der Waals surface area contributed by atoms with Crippen LogP contribution in [0.2, 0.25) is 0 Å². The highest BCUT2D eigenvalue weighted by molar-refractivity contribution is 5.91. The van der Waals surface area contributed by atoms with E-state index in [1.165, 1.54) is 4.90 Å². The number of likely N-dealkylation sites (tertiary alicyclic amines) is 1. The molecule has 3 rings (SSSR count). The number of hydrogen-bond acceptors (Lipinski definition) is 4. The summed E-state index contributed by atoms with van der Waals surface area (Å²) in [7, 11) is 1.74. The number of rotatable bonds is 7. The SMILES string of the molecule is CN(Cc1ccccc1)C(=O)[C@H](Cc1ccccc1)NC(=O)[C@H]1CCCN1C(=O)OC(C)(C)C. The minimum atomic E-state index is -0.746. The monoisotopic (exact) mass is 465 g/mol. The summed E-state index contributed by atoms with van der Waals surface area (Å²) in [4.78, 5) is 42.4. The maximum absolute atomic E-state index is 13.4. The van der Waals surface area contributed by atoms with E-state index in [4.69, 9.17) is 4.74 Å². The number of ether oxygens (including phenoxy) is 1. The number of likely N-dealkylation sites (N-methyl/N-ethyl adjacent to an activating group) is 1. The van der Waals surface area contributed by atoms with Gasteiger partial charge in [0.2, 0.25) is 11.8 Å². The summed E-state index contributed by atoms with van der Waals surface area (Å²) in [5.74, 6) is -0.506. The Labute approximate surface area is 202 Å². The number of hydrogen-bond donors (Lipinski definition) is 1. The predicted octanol–water partition coefficient (Wildman–Crippen LogP) is 3.77. The second-order valence-corrected chi connectivity index (χ2v) is 9.76. The van der Waals surface area contributed by atoms with Crippen molar-refractivity contribution in [2.24, 2.45) is 0 Å². The second kappa shape index (κ2) is 11.2. The molecule has 0 bridgehead atoms. The number of nitrogens with one attached hydrogen (secondary N) is 1. The van der Waals surface area contributed by atoms with Gasteiger partial charge in [0.05, 0.1) is 0 Å². The Balaban J connectivity index is 1.74. The molecule has 1 aliphatic rings. The molecule has 3 amide bonds. The van der Waals surface area contributed by atoms with E-state index in [0.717, 1.165) is 11.1 Å². The molecule has 1 fully saturated rings. The first-order valence-corrected chi connectivity index (χ1v) is 11.8. The van der Waals surface area contributed by atoms with Crippen LogP contribution in [-0.4, -0.2) is 59.0 Å². The molecule has 182 valence electrons. The first-order chi connectivity index (χ1) is 16.1. The van der Waals surface area contributed by atoms with Crippen molar-refractivity contribution in [1.29, 1.82) is 0 Å². The summed E-state index contributed by atoms with van der Waals surface area (Å²) in [5.41, 5.74) is 1.31. The quantitative estimate of drug-likeness (QED) is 0.675. The number of nitrogens with zero attached hydrogens (tertiary/aromatic N) is 2. The lowest BCUT2D eigenvalue weighted by molar-refractivity contribution is -0.136. The molecule has 0 saturated carbocycles. The smallest absolute Gasteiger partial charge is 0.410 e. The summed E-state index contributed by atoms with van der Waals surface area (Å²) in [5, 5.41) is 2.94. The van der Waals surface area contributed by atoms with Crippen LogP contribution in [-0.2, 0) is 27.3 Å². The Bertz CT molecular complexity index is 972. The van der Waals surface area contributed by atoms with E-state index in [0.29, 0.717) is 32.4 Å². The van der Waals surface area contributed by atoms with E-state index in [1.54, 1.807) is 32.7 Å². The van der Waals surface area contributed by atoms with E-state index in [9.17, 15) is 14.4 Å². The lowest BCUT2D eigenvalue weighted by Gasteiger charge is -2.30. The summed E-state index contributed by atoms with van der Waals surface area (Å²) >= 11 is 0. The van der Waals surface area contributed by atoms with Gasteiger partial charge >= 0.3 is 6.09 Å². The standard InChI is InChI=1S/C27H35N3O4/c1-27(2,3)34-26(33)30-17-11-16-23(30)24(31)28-22(18-20-12-7-5-8-13-20)25(32)29(4)19-21-14-9-6-10-15-21/h5-10,12-15,22-23H,11,16-19H2,1-4H3,(H,28,31)/t22-,23+/m0/s1. The average molecular weight is 466 g/mol. The van der Waals surface area contributed by atoms with Crippen LogP contribution in [0.1, 0.15) is 44.7 Å². The maximum Gasteiger partial charge on any atom is 0.410 e. The average Bonchev–Trinajstić information content (AvgIpc) is 3.29. The van der Waals surface area contributed by atoms with Gasteiger partial charge in [-0.25, -0.2) is 4.79 Å². The zero-order chi connectivity index (χ0) is 24.7. The second-order valence-electron chi connectivity index (χ2n) is 9.76. The fourth-order valence-corrected chi connectivity index (χ4v) is 4.10. The molecule has 1 heterocycles. The van der Waals surface area contributed by atoms with Crippen LogP contribution in [0, 0.1) is 0 Å². The van der Waals surface area contributed by atoms with E-state index >= 15 is 0 Å². The van der Waals surface area contributed by atoms with Crippen LogP contribution < -0.4 is 5.32 Å². The molecule has 7 heteroatoms. The van der Waals surface area contributed by atoms with Gasteiger partial charge in [-0.3, -0.25) is 14.5 Å². The number of benzene rings is 2. The topological polar surface area (TPSA) is 79.0 Å². The van der Waals surface area contributed by atoms with Gasteiger partial charge in [0.15, 0.2) is 0 Å². The zero-order valence-corrected chi connectivity index (χ0v) is 20.5. The van der Waals surface area contributed by atoms with E-state index < -0.39 is 23.8 Å². The molecule has 2 aromatic rings.